The van der Waals surface area contributed by atoms with Crippen LogP contribution in [0.15, 0.2) is 48.8 Å². The number of aromatic nitrogens is 1. The Bertz CT molecular complexity index is 541. The van der Waals surface area contributed by atoms with Crippen LogP contribution in [-0.2, 0) is 6.54 Å². The summed E-state index contributed by atoms with van der Waals surface area (Å²) in [6, 6.07) is 11.1. The van der Waals surface area contributed by atoms with E-state index in [1.165, 1.54) is 0 Å². The minimum Gasteiger partial charge on any atom is -0.494 e. The number of hydrogen-bond donors (Lipinski definition) is 1. The minimum absolute atomic E-state index is 0.139. The highest BCUT2D eigenvalue weighted by molar-refractivity contribution is 5.93. The van der Waals surface area contributed by atoms with Gasteiger partial charge >= 0.3 is 0 Å². The van der Waals surface area contributed by atoms with Crippen molar-refractivity contribution in [1.82, 2.24) is 10.3 Å². The van der Waals surface area contributed by atoms with E-state index in [1.807, 2.05) is 31.2 Å². The molecule has 0 aliphatic heterocycles. The number of nitrogens with zero attached hydrogens (tertiary/aromatic N) is 1. The molecule has 1 amide bonds. The molecule has 2 aromatic rings. The quantitative estimate of drug-likeness (QED) is 0.893. The number of amides is 1. The Morgan fingerprint density at radius 2 is 2.11 bits per heavy atom. The van der Waals surface area contributed by atoms with Crippen molar-refractivity contribution in [2.75, 3.05) is 6.61 Å². The number of benzene rings is 1. The molecule has 0 radical (unpaired) electrons. The molecule has 0 unspecified atom stereocenters. The number of carbonyl (C=O) groups excluding carboxylic acids is 1. The van der Waals surface area contributed by atoms with Gasteiger partial charge in [0.1, 0.15) is 5.75 Å². The molecule has 1 aromatic carbocycles. The van der Waals surface area contributed by atoms with Crippen molar-refractivity contribution < 1.29 is 9.53 Å². The molecule has 0 spiro atoms. The molecular formula is C15H16N2O2. The number of pyridine rings is 1. The van der Waals surface area contributed by atoms with Crippen molar-refractivity contribution in [2.24, 2.45) is 0 Å². The molecule has 0 atom stereocenters. The summed E-state index contributed by atoms with van der Waals surface area (Å²) >= 11 is 0. The Balaban J connectivity index is 2.01. The lowest BCUT2D eigenvalue weighted by atomic mass is 10.2. The average molecular weight is 256 g/mol. The fourth-order valence-electron chi connectivity index (χ4n) is 1.72. The number of rotatable bonds is 5. The number of hydrogen-bond acceptors (Lipinski definition) is 3. The van der Waals surface area contributed by atoms with Crippen LogP contribution >= 0.6 is 0 Å². The van der Waals surface area contributed by atoms with Crippen LogP contribution in [0.5, 0.6) is 5.75 Å². The van der Waals surface area contributed by atoms with E-state index in [4.69, 9.17) is 4.74 Å². The molecule has 0 aliphatic rings. The zero-order chi connectivity index (χ0) is 13.5. The highest BCUT2D eigenvalue weighted by Crippen LogP contribution is 2.17. The topological polar surface area (TPSA) is 51.2 Å². The molecule has 0 fully saturated rings. The molecule has 4 nitrogen and oxygen atoms in total. The smallest absolute Gasteiger partial charge is 0.253 e. The summed E-state index contributed by atoms with van der Waals surface area (Å²) in [6.07, 6.45) is 3.19. The fourth-order valence-corrected chi connectivity index (χ4v) is 1.72. The summed E-state index contributed by atoms with van der Waals surface area (Å²) in [6.45, 7) is 2.97. The number of nitrogens with one attached hydrogen (secondary N) is 1. The Morgan fingerprint density at radius 3 is 2.84 bits per heavy atom. The molecule has 19 heavy (non-hydrogen) atoms. The van der Waals surface area contributed by atoms with E-state index in [0.29, 0.717) is 18.7 Å². The van der Waals surface area contributed by atoms with E-state index >= 15 is 0 Å². The first kappa shape index (κ1) is 13.1. The number of para-hydroxylation sites is 1. The van der Waals surface area contributed by atoms with Gasteiger partial charge < -0.3 is 10.1 Å². The third kappa shape index (κ3) is 3.55. The Labute approximate surface area is 112 Å². The fraction of sp³-hybridized carbons (Fsp3) is 0.200. The van der Waals surface area contributed by atoms with Crippen LogP contribution in [-0.4, -0.2) is 17.5 Å². The Hall–Kier alpha value is -2.36. The van der Waals surface area contributed by atoms with Crippen LogP contribution in [0.25, 0.3) is 0 Å². The maximum Gasteiger partial charge on any atom is 0.253 e. The van der Waals surface area contributed by atoms with Gasteiger partial charge in [0, 0.05) is 24.5 Å². The van der Waals surface area contributed by atoms with E-state index in [-0.39, 0.29) is 5.91 Å². The first-order valence-electron chi connectivity index (χ1n) is 6.20. The Kier molecular flexibility index (Phi) is 4.50. The second-order valence-electron chi connectivity index (χ2n) is 3.97. The molecule has 2 rings (SSSR count). The molecule has 98 valence electrons. The second kappa shape index (κ2) is 6.54. The summed E-state index contributed by atoms with van der Waals surface area (Å²) < 4.78 is 5.51. The van der Waals surface area contributed by atoms with Gasteiger partial charge in [-0.25, -0.2) is 0 Å². The molecule has 0 saturated heterocycles. The molecular weight excluding hydrogens is 240 g/mol. The molecule has 1 heterocycles. The molecule has 0 aliphatic carbocycles. The second-order valence-corrected chi connectivity index (χ2v) is 3.97. The highest BCUT2D eigenvalue weighted by Gasteiger charge is 2.07. The van der Waals surface area contributed by atoms with Gasteiger partial charge in [0.25, 0.3) is 5.91 Å². The Morgan fingerprint density at radius 1 is 1.26 bits per heavy atom. The summed E-state index contributed by atoms with van der Waals surface area (Å²) in [4.78, 5) is 15.8. The van der Waals surface area contributed by atoms with Crippen molar-refractivity contribution >= 4 is 5.91 Å². The lowest BCUT2D eigenvalue weighted by molar-refractivity contribution is 0.0950. The largest absolute Gasteiger partial charge is 0.494 e. The van der Waals surface area contributed by atoms with Crippen LogP contribution in [0.4, 0.5) is 0 Å². The predicted molar refractivity (Wildman–Crippen MR) is 73.0 cm³/mol. The van der Waals surface area contributed by atoms with E-state index in [9.17, 15) is 4.79 Å². The lowest BCUT2D eigenvalue weighted by Gasteiger charge is -2.10. The summed E-state index contributed by atoms with van der Waals surface area (Å²) in [7, 11) is 0. The van der Waals surface area contributed by atoms with E-state index in [2.05, 4.69) is 10.3 Å². The molecule has 0 bridgehead atoms. The first-order valence-corrected chi connectivity index (χ1v) is 6.20. The monoisotopic (exact) mass is 256 g/mol. The first-order chi connectivity index (χ1) is 9.31. The van der Waals surface area contributed by atoms with Gasteiger partial charge in [-0.15, -0.1) is 0 Å². The van der Waals surface area contributed by atoms with E-state index in [0.717, 1.165) is 11.3 Å². The zero-order valence-electron chi connectivity index (χ0n) is 10.8. The van der Waals surface area contributed by atoms with Crippen molar-refractivity contribution in [2.45, 2.75) is 13.5 Å². The van der Waals surface area contributed by atoms with Crippen LogP contribution in [0.3, 0.4) is 0 Å². The maximum absolute atomic E-state index is 11.9. The van der Waals surface area contributed by atoms with Crippen molar-refractivity contribution in [3.05, 3.63) is 59.9 Å². The van der Waals surface area contributed by atoms with Gasteiger partial charge in [0.05, 0.1) is 12.2 Å². The van der Waals surface area contributed by atoms with Crippen LogP contribution < -0.4 is 10.1 Å². The molecule has 1 N–H and O–H groups in total. The minimum atomic E-state index is -0.139. The van der Waals surface area contributed by atoms with Crippen molar-refractivity contribution in [3.8, 4) is 5.75 Å². The van der Waals surface area contributed by atoms with E-state index in [1.54, 1.807) is 24.5 Å². The third-order valence-electron chi connectivity index (χ3n) is 2.64. The van der Waals surface area contributed by atoms with Crippen LogP contribution in [0.1, 0.15) is 22.8 Å². The van der Waals surface area contributed by atoms with Gasteiger partial charge in [-0.05, 0) is 25.1 Å². The van der Waals surface area contributed by atoms with Gasteiger partial charge in [-0.1, -0.05) is 18.2 Å². The molecule has 4 heteroatoms. The standard InChI is InChI=1S/C15H16N2O2/c1-2-19-14-8-4-3-6-12(14)11-17-15(18)13-7-5-9-16-10-13/h3-10H,2,11H2,1H3,(H,17,18). The van der Waals surface area contributed by atoms with Crippen LogP contribution in [0, 0.1) is 0 Å². The number of ether oxygens (including phenoxy) is 1. The van der Waals surface area contributed by atoms with Gasteiger partial charge in [0.15, 0.2) is 0 Å². The van der Waals surface area contributed by atoms with Crippen molar-refractivity contribution in [3.63, 3.8) is 0 Å². The summed E-state index contributed by atoms with van der Waals surface area (Å²) in [5.74, 6) is 0.663. The summed E-state index contributed by atoms with van der Waals surface area (Å²) in [5, 5.41) is 2.86. The lowest BCUT2D eigenvalue weighted by Crippen LogP contribution is -2.23. The normalized spacial score (nSPS) is 9.95. The maximum atomic E-state index is 11.9. The van der Waals surface area contributed by atoms with E-state index < -0.39 is 0 Å². The van der Waals surface area contributed by atoms with Crippen LogP contribution in [0.2, 0.25) is 0 Å². The SMILES string of the molecule is CCOc1ccccc1CNC(=O)c1cccnc1. The third-order valence-corrected chi connectivity index (χ3v) is 2.64. The van der Waals surface area contributed by atoms with Crippen molar-refractivity contribution in [1.29, 1.82) is 0 Å². The van der Waals surface area contributed by atoms with Gasteiger partial charge in [0.2, 0.25) is 0 Å². The zero-order valence-corrected chi connectivity index (χ0v) is 10.8. The molecule has 1 aromatic heterocycles. The average Bonchev–Trinajstić information content (AvgIpc) is 2.47. The van der Waals surface area contributed by atoms with Gasteiger partial charge in [-0.3, -0.25) is 9.78 Å². The highest BCUT2D eigenvalue weighted by atomic mass is 16.5. The van der Waals surface area contributed by atoms with Gasteiger partial charge in [-0.2, -0.15) is 0 Å². The summed E-state index contributed by atoms with van der Waals surface area (Å²) in [5.41, 5.74) is 1.51. The predicted octanol–water partition coefficient (Wildman–Crippen LogP) is 2.41. The number of carbonyl (C=O) groups is 1. The molecule has 0 saturated carbocycles.